The number of nitrogens with zero attached hydrogens (tertiary/aromatic N) is 2. The van der Waals surface area contributed by atoms with Crippen molar-refractivity contribution in [2.24, 2.45) is 10.9 Å². The van der Waals surface area contributed by atoms with Gasteiger partial charge in [0.25, 0.3) is 10.0 Å². The van der Waals surface area contributed by atoms with Gasteiger partial charge in [0.1, 0.15) is 4.21 Å². The van der Waals surface area contributed by atoms with Crippen LogP contribution in [0.15, 0.2) is 21.5 Å². The van der Waals surface area contributed by atoms with Gasteiger partial charge in [0.15, 0.2) is 5.84 Å². The molecule has 1 aromatic rings. The van der Waals surface area contributed by atoms with E-state index in [1.807, 2.05) is 14.0 Å². The van der Waals surface area contributed by atoms with Crippen molar-refractivity contribution >= 4 is 27.2 Å². The summed E-state index contributed by atoms with van der Waals surface area (Å²) >= 11 is 1.20. The zero-order valence-corrected chi connectivity index (χ0v) is 13.7. The van der Waals surface area contributed by atoms with E-state index < -0.39 is 15.6 Å². The summed E-state index contributed by atoms with van der Waals surface area (Å²) in [5.41, 5.74) is 4.75. The maximum atomic E-state index is 12.5. The van der Waals surface area contributed by atoms with Crippen molar-refractivity contribution in [2.45, 2.75) is 29.5 Å². The van der Waals surface area contributed by atoms with Crippen LogP contribution in [0.2, 0.25) is 0 Å². The van der Waals surface area contributed by atoms with Crippen LogP contribution in [0.25, 0.3) is 0 Å². The lowest BCUT2D eigenvalue weighted by Gasteiger charge is -2.39. The number of hydrogen-bond acceptors (Lipinski definition) is 6. The number of rotatable bonds is 4. The van der Waals surface area contributed by atoms with Gasteiger partial charge in [0, 0.05) is 18.0 Å². The van der Waals surface area contributed by atoms with E-state index in [-0.39, 0.29) is 10.0 Å². The van der Waals surface area contributed by atoms with Gasteiger partial charge in [0.05, 0.1) is 5.54 Å². The number of likely N-dealkylation sites (tertiary alicyclic amines) is 1. The SMILES string of the molecule is Cc1ccc(S(=O)(=O)NC2(/C(N)=N/O)CCN(C)CC2)s1. The molecule has 0 unspecified atom stereocenters. The molecule has 0 atom stereocenters. The van der Waals surface area contributed by atoms with Crippen LogP contribution in [0.1, 0.15) is 17.7 Å². The number of amidine groups is 1. The quantitative estimate of drug-likeness (QED) is 0.323. The maximum Gasteiger partial charge on any atom is 0.250 e. The molecule has 1 aliphatic rings. The molecule has 9 heteroatoms. The first-order chi connectivity index (χ1) is 9.79. The lowest BCUT2D eigenvalue weighted by atomic mass is 9.88. The fourth-order valence-corrected chi connectivity index (χ4v) is 5.09. The van der Waals surface area contributed by atoms with Gasteiger partial charge in [-0.25, -0.2) is 8.42 Å². The molecule has 0 spiro atoms. The molecule has 1 aromatic heterocycles. The van der Waals surface area contributed by atoms with Gasteiger partial charge in [-0.3, -0.25) is 0 Å². The summed E-state index contributed by atoms with van der Waals surface area (Å²) in [4.78, 5) is 2.99. The van der Waals surface area contributed by atoms with Crippen LogP contribution >= 0.6 is 11.3 Å². The molecule has 0 aromatic carbocycles. The molecule has 4 N–H and O–H groups in total. The van der Waals surface area contributed by atoms with Crippen molar-refractivity contribution in [1.82, 2.24) is 9.62 Å². The predicted molar refractivity (Wildman–Crippen MR) is 82.2 cm³/mol. The van der Waals surface area contributed by atoms with Gasteiger partial charge in [0.2, 0.25) is 0 Å². The van der Waals surface area contributed by atoms with E-state index in [1.54, 1.807) is 12.1 Å². The van der Waals surface area contributed by atoms with E-state index in [0.29, 0.717) is 25.9 Å². The fourth-order valence-electron chi connectivity index (χ4n) is 2.37. The zero-order valence-electron chi connectivity index (χ0n) is 12.0. The third kappa shape index (κ3) is 3.37. The molecular formula is C12H20N4O3S2. The number of piperidine rings is 1. The summed E-state index contributed by atoms with van der Waals surface area (Å²) in [6.07, 6.45) is 0.923. The molecule has 0 bridgehead atoms. The first kappa shape index (κ1) is 16.2. The van der Waals surface area contributed by atoms with Gasteiger partial charge in [-0.05, 0) is 38.9 Å². The second-order valence-corrected chi connectivity index (χ2v) is 8.54. The molecule has 0 saturated carbocycles. The van der Waals surface area contributed by atoms with Crippen LogP contribution in [0, 0.1) is 6.92 Å². The van der Waals surface area contributed by atoms with Crippen molar-refractivity contribution in [1.29, 1.82) is 0 Å². The minimum Gasteiger partial charge on any atom is -0.409 e. The minimum absolute atomic E-state index is 0.0903. The normalized spacial score (nSPS) is 20.6. The molecule has 1 saturated heterocycles. The van der Waals surface area contributed by atoms with Gasteiger partial charge in [-0.2, -0.15) is 4.72 Å². The molecule has 1 fully saturated rings. The monoisotopic (exact) mass is 332 g/mol. The molecular weight excluding hydrogens is 312 g/mol. The third-order valence-corrected chi connectivity index (χ3v) is 6.78. The summed E-state index contributed by atoms with van der Waals surface area (Å²) in [5, 5.41) is 12.1. The molecule has 0 amide bonds. The second kappa shape index (κ2) is 5.91. The van der Waals surface area contributed by atoms with Crippen LogP contribution in [-0.2, 0) is 10.0 Å². The molecule has 21 heavy (non-hydrogen) atoms. The number of sulfonamides is 1. The molecule has 118 valence electrons. The average Bonchev–Trinajstić information content (AvgIpc) is 2.88. The summed E-state index contributed by atoms with van der Waals surface area (Å²) in [7, 11) is -1.74. The lowest BCUT2D eigenvalue weighted by Crippen LogP contribution is -2.61. The second-order valence-electron chi connectivity index (χ2n) is 5.34. The highest BCUT2D eigenvalue weighted by molar-refractivity contribution is 7.91. The van der Waals surface area contributed by atoms with E-state index in [2.05, 4.69) is 14.8 Å². The minimum atomic E-state index is -3.69. The van der Waals surface area contributed by atoms with Crippen molar-refractivity contribution < 1.29 is 13.6 Å². The number of nitrogens with two attached hydrogens (primary N) is 1. The highest BCUT2D eigenvalue weighted by Crippen LogP contribution is 2.27. The Bertz CT molecular complexity index is 631. The molecule has 2 rings (SSSR count). The van der Waals surface area contributed by atoms with E-state index in [4.69, 9.17) is 10.9 Å². The molecule has 0 aliphatic carbocycles. The van der Waals surface area contributed by atoms with Crippen LogP contribution in [0.5, 0.6) is 0 Å². The molecule has 7 nitrogen and oxygen atoms in total. The van der Waals surface area contributed by atoms with E-state index in [0.717, 1.165) is 4.88 Å². The largest absolute Gasteiger partial charge is 0.409 e. The summed E-state index contributed by atoms with van der Waals surface area (Å²) in [6, 6.07) is 3.32. The maximum absolute atomic E-state index is 12.5. The summed E-state index contributed by atoms with van der Waals surface area (Å²) < 4.78 is 27.9. The average molecular weight is 332 g/mol. The van der Waals surface area contributed by atoms with Gasteiger partial charge >= 0.3 is 0 Å². The Balaban J connectivity index is 2.31. The smallest absolute Gasteiger partial charge is 0.250 e. The Morgan fingerprint density at radius 1 is 1.48 bits per heavy atom. The number of oxime groups is 1. The summed E-state index contributed by atoms with van der Waals surface area (Å²) in [5.74, 6) is -0.0903. The molecule has 2 heterocycles. The van der Waals surface area contributed by atoms with Crippen molar-refractivity contribution in [3.05, 3.63) is 17.0 Å². The highest BCUT2D eigenvalue weighted by Gasteiger charge is 2.42. The van der Waals surface area contributed by atoms with Crippen molar-refractivity contribution in [2.75, 3.05) is 20.1 Å². The fraction of sp³-hybridized carbons (Fsp3) is 0.583. The highest BCUT2D eigenvalue weighted by atomic mass is 32.2. The molecule has 0 radical (unpaired) electrons. The Labute approximate surface area is 128 Å². The zero-order chi connectivity index (χ0) is 15.7. The Hall–Kier alpha value is -1.16. The Morgan fingerprint density at radius 2 is 2.10 bits per heavy atom. The summed E-state index contributed by atoms with van der Waals surface area (Å²) in [6.45, 7) is 3.18. The van der Waals surface area contributed by atoms with Crippen molar-refractivity contribution in [3.63, 3.8) is 0 Å². The Kier molecular flexibility index (Phi) is 4.57. The van der Waals surface area contributed by atoms with E-state index >= 15 is 0 Å². The number of thiophene rings is 1. The van der Waals surface area contributed by atoms with Crippen LogP contribution < -0.4 is 10.5 Å². The van der Waals surface area contributed by atoms with Crippen LogP contribution in [0.4, 0.5) is 0 Å². The lowest BCUT2D eigenvalue weighted by molar-refractivity contribution is 0.213. The topological polar surface area (TPSA) is 108 Å². The van der Waals surface area contributed by atoms with E-state index in [1.165, 1.54) is 11.3 Å². The predicted octanol–water partition coefficient (Wildman–Crippen LogP) is 0.546. The third-order valence-electron chi connectivity index (χ3n) is 3.75. The van der Waals surface area contributed by atoms with Gasteiger partial charge in [-0.1, -0.05) is 5.16 Å². The van der Waals surface area contributed by atoms with Crippen LogP contribution in [0.3, 0.4) is 0 Å². The molecule has 1 aliphatic heterocycles. The van der Waals surface area contributed by atoms with Gasteiger partial charge in [-0.15, -0.1) is 11.3 Å². The number of aryl methyl sites for hydroxylation is 1. The first-order valence-electron chi connectivity index (χ1n) is 6.56. The van der Waals surface area contributed by atoms with E-state index in [9.17, 15) is 8.42 Å². The standard InChI is InChI=1S/C12H20N4O3S2/c1-9-3-4-10(20-9)21(18,19)15-12(11(13)14-17)5-7-16(2)8-6-12/h3-4,15,17H,5-8H2,1-2H3,(H2,13,14). The first-order valence-corrected chi connectivity index (χ1v) is 8.86. The van der Waals surface area contributed by atoms with Gasteiger partial charge < -0.3 is 15.8 Å². The number of hydrogen-bond donors (Lipinski definition) is 3. The number of nitrogens with one attached hydrogen (secondary N) is 1. The van der Waals surface area contributed by atoms with Crippen LogP contribution in [-0.4, -0.2) is 50.0 Å². The van der Waals surface area contributed by atoms with Crippen molar-refractivity contribution in [3.8, 4) is 0 Å². The Morgan fingerprint density at radius 3 is 2.57 bits per heavy atom.